The van der Waals surface area contributed by atoms with Gasteiger partial charge in [0.25, 0.3) is 0 Å². The monoisotopic (exact) mass is 190 g/mol. The van der Waals surface area contributed by atoms with E-state index in [0.717, 1.165) is 18.4 Å². The van der Waals surface area contributed by atoms with Crippen molar-refractivity contribution in [2.24, 2.45) is 5.92 Å². The standard InChI is InChI=1S/C13H18O/c1-4-6-11-7-5-8-13(14)12(11)9-10(2)3/h4-5,7-8,10,14H,1,6,9H2,2-3H3. The fourth-order valence-corrected chi connectivity index (χ4v) is 1.61. The van der Waals surface area contributed by atoms with E-state index in [-0.39, 0.29) is 0 Å². The van der Waals surface area contributed by atoms with E-state index in [2.05, 4.69) is 26.5 Å². The van der Waals surface area contributed by atoms with E-state index in [9.17, 15) is 5.11 Å². The number of hydrogen-bond acceptors (Lipinski definition) is 1. The van der Waals surface area contributed by atoms with Crippen LogP contribution >= 0.6 is 0 Å². The van der Waals surface area contributed by atoms with Gasteiger partial charge in [0.05, 0.1) is 0 Å². The van der Waals surface area contributed by atoms with Gasteiger partial charge in [-0.2, -0.15) is 0 Å². The van der Waals surface area contributed by atoms with E-state index in [1.165, 1.54) is 5.56 Å². The highest BCUT2D eigenvalue weighted by Gasteiger charge is 2.07. The zero-order chi connectivity index (χ0) is 10.6. The molecule has 0 fully saturated rings. The lowest BCUT2D eigenvalue weighted by Gasteiger charge is -2.12. The second-order valence-corrected chi connectivity index (χ2v) is 4.01. The molecule has 76 valence electrons. The van der Waals surface area contributed by atoms with Gasteiger partial charge in [0.1, 0.15) is 5.75 Å². The predicted molar refractivity (Wildman–Crippen MR) is 60.5 cm³/mol. The maximum absolute atomic E-state index is 9.73. The van der Waals surface area contributed by atoms with Crippen LogP contribution in [0.1, 0.15) is 25.0 Å². The van der Waals surface area contributed by atoms with Crippen molar-refractivity contribution in [2.45, 2.75) is 26.7 Å². The number of phenols is 1. The molecule has 1 aromatic carbocycles. The first kappa shape index (κ1) is 10.8. The average molecular weight is 190 g/mol. The van der Waals surface area contributed by atoms with Crippen LogP contribution in [0.2, 0.25) is 0 Å². The molecule has 1 aromatic rings. The van der Waals surface area contributed by atoms with E-state index in [1.807, 2.05) is 12.1 Å². The third-order valence-corrected chi connectivity index (χ3v) is 2.22. The largest absolute Gasteiger partial charge is 0.508 e. The first-order chi connectivity index (χ1) is 6.65. The second kappa shape index (κ2) is 4.85. The van der Waals surface area contributed by atoms with Gasteiger partial charge in [-0.3, -0.25) is 0 Å². The minimum Gasteiger partial charge on any atom is -0.508 e. The van der Waals surface area contributed by atoms with E-state index in [1.54, 1.807) is 6.07 Å². The third kappa shape index (κ3) is 2.63. The van der Waals surface area contributed by atoms with Gasteiger partial charge in [-0.1, -0.05) is 32.1 Å². The summed E-state index contributed by atoms with van der Waals surface area (Å²) >= 11 is 0. The van der Waals surface area contributed by atoms with Gasteiger partial charge in [0.15, 0.2) is 0 Å². The van der Waals surface area contributed by atoms with Crippen LogP contribution in [0, 0.1) is 5.92 Å². The molecule has 0 heterocycles. The molecular formula is C13H18O. The van der Waals surface area contributed by atoms with Crippen molar-refractivity contribution in [3.05, 3.63) is 42.0 Å². The summed E-state index contributed by atoms with van der Waals surface area (Å²) < 4.78 is 0. The van der Waals surface area contributed by atoms with Crippen LogP contribution in [0.4, 0.5) is 0 Å². The molecule has 0 aliphatic carbocycles. The summed E-state index contributed by atoms with van der Waals surface area (Å²) in [6.07, 6.45) is 3.63. The van der Waals surface area contributed by atoms with Crippen LogP contribution in [0.25, 0.3) is 0 Å². The van der Waals surface area contributed by atoms with Crippen molar-refractivity contribution >= 4 is 0 Å². The van der Waals surface area contributed by atoms with Gasteiger partial charge in [0.2, 0.25) is 0 Å². The van der Waals surface area contributed by atoms with Crippen LogP contribution < -0.4 is 0 Å². The molecule has 1 heteroatoms. The maximum atomic E-state index is 9.73. The van der Waals surface area contributed by atoms with E-state index in [4.69, 9.17) is 0 Å². The van der Waals surface area contributed by atoms with Crippen molar-refractivity contribution < 1.29 is 5.11 Å². The van der Waals surface area contributed by atoms with E-state index < -0.39 is 0 Å². The summed E-state index contributed by atoms with van der Waals surface area (Å²) in [6.45, 7) is 8.04. The molecule has 0 saturated heterocycles. The molecule has 0 amide bonds. The molecular weight excluding hydrogens is 172 g/mol. The number of phenolic OH excluding ortho intramolecular Hbond substituents is 1. The quantitative estimate of drug-likeness (QED) is 0.722. The summed E-state index contributed by atoms with van der Waals surface area (Å²) in [4.78, 5) is 0. The fraction of sp³-hybridized carbons (Fsp3) is 0.385. The summed E-state index contributed by atoms with van der Waals surface area (Å²) in [5.74, 6) is 0.977. The molecule has 0 bridgehead atoms. The van der Waals surface area contributed by atoms with E-state index in [0.29, 0.717) is 11.7 Å². The molecule has 0 atom stereocenters. The Morgan fingerprint density at radius 1 is 1.43 bits per heavy atom. The zero-order valence-corrected chi connectivity index (χ0v) is 8.96. The summed E-state index contributed by atoms with van der Waals surface area (Å²) in [6, 6.07) is 5.70. The number of allylic oxidation sites excluding steroid dienone is 1. The maximum Gasteiger partial charge on any atom is 0.119 e. The Kier molecular flexibility index (Phi) is 3.75. The Balaban J connectivity index is 3.01. The molecule has 0 saturated carbocycles. The number of benzene rings is 1. The predicted octanol–water partition coefficient (Wildman–Crippen LogP) is 3.32. The minimum absolute atomic E-state index is 0.415. The molecule has 1 N–H and O–H groups in total. The highest BCUT2D eigenvalue weighted by Crippen LogP contribution is 2.24. The lowest BCUT2D eigenvalue weighted by Crippen LogP contribution is -1.99. The fourth-order valence-electron chi connectivity index (χ4n) is 1.61. The molecule has 1 rings (SSSR count). The molecule has 0 radical (unpaired) electrons. The Bertz CT molecular complexity index is 313. The van der Waals surface area contributed by atoms with Crippen LogP contribution in [0.15, 0.2) is 30.9 Å². The average Bonchev–Trinajstić information content (AvgIpc) is 2.11. The Morgan fingerprint density at radius 3 is 2.71 bits per heavy atom. The Morgan fingerprint density at radius 2 is 2.14 bits per heavy atom. The van der Waals surface area contributed by atoms with Crippen molar-refractivity contribution in [1.82, 2.24) is 0 Å². The summed E-state index contributed by atoms with van der Waals surface area (Å²) in [5.41, 5.74) is 2.26. The van der Waals surface area contributed by atoms with Crippen molar-refractivity contribution in [1.29, 1.82) is 0 Å². The molecule has 0 aliphatic heterocycles. The van der Waals surface area contributed by atoms with Crippen LogP contribution in [0.3, 0.4) is 0 Å². The van der Waals surface area contributed by atoms with Gasteiger partial charge in [0, 0.05) is 0 Å². The minimum atomic E-state index is 0.415. The van der Waals surface area contributed by atoms with Crippen LogP contribution in [-0.2, 0) is 12.8 Å². The molecule has 0 aliphatic rings. The topological polar surface area (TPSA) is 20.2 Å². The normalized spacial score (nSPS) is 10.5. The lowest BCUT2D eigenvalue weighted by atomic mass is 9.95. The Labute approximate surface area is 86.1 Å². The van der Waals surface area contributed by atoms with E-state index >= 15 is 0 Å². The third-order valence-electron chi connectivity index (χ3n) is 2.22. The van der Waals surface area contributed by atoms with Gasteiger partial charge < -0.3 is 5.11 Å². The molecule has 0 spiro atoms. The molecule has 0 aromatic heterocycles. The molecule has 1 nitrogen and oxygen atoms in total. The van der Waals surface area contributed by atoms with Gasteiger partial charge in [-0.05, 0) is 36.0 Å². The lowest BCUT2D eigenvalue weighted by molar-refractivity contribution is 0.461. The van der Waals surface area contributed by atoms with Gasteiger partial charge in [-0.25, -0.2) is 0 Å². The number of hydrogen-bond donors (Lipinski definition) is 1. The summed E-state index contributed by atoms with van der Waals surface area (Å²) in [7, 11) is 0. The van der Waals surface area contributed by atoms with Gasteiger partial charge in [-0.15, -0.1) is 6.58 Å². The zero-order valence-electron chi connectivity index (χ0n) is 8.96. The van der Waals surface area contributed by atoms with Crippen molar-refractivity contribution in [3.8, 4) is 5.75 Å². The van der Waals surface area contributed by atoms with Crippen LogP contribution in [0.5, 0.6) is 5.75 Å². The van der Waals surface area contributed by atoms with Crippen molar-refractivity contribution in [3.63, 3.8) is 0 Å². The SMILES string of the molecule is C=CCc1cccc(O)c1CC(C)C. The first-order valence-electron chi connectivity index (χ1n) is 5.05. The number of rotatable bonds is 4. The highest BCUT2D eigenvalue weighted by atomic mass is 16.3. The number of aromatic hydroxyl groups is 1. The molecule has 14 heavy (non-hydrogen) atoms. The second-order valence-electron chi connectivity index (χ2n) is 4.01. The summed E-state index contributed by atoms with van der Waals surface area (Å²) in [5, 5.41) is 9.73. The molecule has 0 unspecified atom stereocenters. The van der Waals surface area contributed by atoms with Crippen LogP contribution in [-0.4, -0.2) is 5.11 Å². The highest BCUT2D eigenvalue weighted by molar-refractivity contribution is 5.40. The smallest absolute Gasteiger partial charge is 0.119 e. The first-order valence-corrected chi connectivity index (χ1v) is 5.05. The van der Waals surface area contributed by atoms with Crippen molar-refractivity contribution in [2.75, 3.05) is 0 Å². The van der Waals surface area contributed by atoms with Gasteiger partial charge >= 0.3 is 0 Å². The Hall–Kier alpha value is -1.24.